The SMILES string of the molecule is CCC1CC1NS(=O)(=O)c1ccc(OC)cc1CCN. The molecule has 20 heavy (non-hydrogen) atoms. The molecule has 5 nitrogen and oxygen atoms in total. The fraction of sp³-hybridized carbons (Fsp3) is 0.571. The lowest BCUT2D eigenvalue weighted by atomic mass is 10.1. The van der Waals surface area contributed by atoms with E-state index < -0.39 is 10.0 Å². The number of benzene rings is 1. The molecule has 0 spiro atoms. The number of nitrogens with two attached hydrogens (primary N) is 1. The van der Waals surface area contributed by atoms with Gasteiger partial charge in [-0.15, -0.1) is 0 Å². The van der Waals surface area contributed by atoms with Gasteiger partial charge in [-0.05, 0) is 49.1 Å². The number of sulfonamides is 1. The van der Waals surface area contributed by atoms with E-state index in [1.54, 1.807) is 25.3 Å². The Morgan fingerprint density at radius 1 is 1.45 bits per heavy atom. The first kappa shape index (κ1) is 15.3. The van der Waals surface area contributed by atoms with Crippen molar-refractivity contribution in [1.82, 2.24) is 4.72 Å². The number of hydrogen-bond donors (Lipinski definition) is 2. The van der Waals surface area contributed by atoms with E-state index in [0.29, 0.717) is 35.1 Å². The van der Waals surface area contributed by atoms with E-state index in [9.17, 15) is 8.42 Å². The fourth-order valence-corrected chi connectivity index (χ4v) is 3.97. The largest absolute Gasteiger partial charge is 0.497 e. The van der Waals surface area contributed by atoms with Crippen LogP contribution in [0.3, 0.4) is 0 Å². The van der Waals surface area contributed by atoms with Crippen LogP contribution in [0.25, 0.3) is 0 Å². The second-order valence-electron chi connectivity index (χ2n) is 5.14. The van der Waals surface area contributed by atoms with Crippen molar-refractivity contribution in [3.8, 4) is 5.75 Å². The molecule has 0 amide bonds. The van der Waals surface area contributed by atoms with Gasteiger partial charge in [-0.3, -0.25) is 0 Å². The molecule has 2 atom stereocenters. The molecule has 0 heterocycles. The zero-order valence-electron chi connectivity index (χ0n) is 11.9. The Kier molecular flexibility index (Phi) is 4.67. The van der Waals surface area contributed by atoms with Crippen LogP contribution in [0.5, 0.6) is 5.75 Å². The number of nitrogens with one attached hydrogen (secondary N) is 1. The third-order valence-electron chi connectivity index (χ3n) is 3.72. The highest BCUT2D eigenvalue weighted by Gasteiger charge is 2.39. The van der Waals surface area contributed by atoms with Crippen LogP contribution in [-0.2, 0) is 16.4 Å². The van der Waals surface area contributed by atoms with E-state index in [2.05, 4.69) is 11.6 Å². The summed E-state index contributed by atoms with van der Waals surface area (Å²) in [7, 11) is -1.92. The highest BCUT2D eigenvalue weighted by atomic mass is 32.2. The van der Waals surface area contributed by atoms with Crippen molar-refractivity contribution in [2.45, 2.75) is 37.1 Å². The monoisotopic (exact) mass is 298 g/mol. The summed E-state index contributed by atoms with van der Waals surface area (Å²) in [5, 5.41) is 0. The molecule has 0 aromatic heterocycles. The molecule has 6 heteroatoms. The Hall–Kier alpha value is -1.11. The van der Waals surface area contributed by atoms with Gasteiger partial charge in [0.05, 0.1) is 12.0 Å². The Balaban J connectivity index is 2.25. The first-order chi connectivity index (χ1) is 9.51. The van der Waals surface area contributed by atoms with Crippen molar-refractivity contribution in [3.05, 3.63) is 23.8 Å². The Bertz CT molecular complexity index is 572. The first-order valence-electron chi connectivity index (χ1n) is 6.91. The molecule has 2 rings (SSSR count). The second kappa shape index (κ2) is 6.11. The molecular weight excluding hydrogens is 276 g/mol. The third kappa shape index (κ3) is 3.31. The van der Waals surface area contributed by atoms with Gasteiger partial charge < -0.3 is 10.5 Å². The molecule has 1 fully saturated rings. The lowest BCUT2D eigenvalue weighted by Crippen LogP contribution is -2.28. The summed E-state index contributed by atoms with van der Waals surface area (Å²) in [6, 6.07) is 5.08. The van der Waals surface area contributed by atoms with Gasteiger partial charge in [0.25, 0.3) is 0 Å². The molecule has 112 valence electrons. The number of hydrogen-bond acceptors (Lipinski definition) is 4. The minimum absolute atomic E-state index is 0.0813. The zero-order valence-corrected chi connectivity index (χ0v) is 12.7. The van der Waals surface area contributed by atoms with Gasteiger partial charge >= 0.3 is 0 Å². The molecular formula is C14H22N2O3S. The van der Waals surface area contributed by atoms with E-state index in [0.717, 1.165) is 12.8 Å². The predicted octanol–water partition coefficient (Wildman–Crippen LogP) is 1.27. The van der Waals surface area contributed by atoms with Crippen LogP contribution in [0, 0.1) is 5.92 Å². The summed E-state index contributed by atoms with van der Waals surface area (Å²) in [6.45, 7) is 2.48. The Labute approximate surface area is 120 Å². The maximum absolute atomic E-state index is 12.4. The molecule has 1 aromatic rings. The molecule has 0 saturated heterocycles. The average Bonchev–Trinajstić information content (AvgIpc) is 3.16. The van der Waals surface area contributed by atoms with Crippen LogP contribution in [-0.4, -0.2) is 28.1 Å². The van der Waals surface area contributed by atoms with E-state index >= 15 is 0 Å². The van der Waals surface area contributed by atoms with E-state index in [1.165, 1.54) is 0 Å². The van der Waals surface area contributed by atoms with Crippen LogP contribution >= 0.6 is 0 Å². The normalized spacial score (nSPS) is 21.8. The van der Waals surface area contributed by atoms with E-state index in [4.69, 9.17) is 10.5 Å². The quantitative estimate of drug-likeness (QED) is 0.794. The van der Waals surface area contributed by atoms with Gasteiger partial charge in [0.15, 0.2) is 0 Å². The molecule has 2 unspecified atom stereocenters. The van der Waals surface area contributed by atoms with Crippen LogP contribution in [0.4, 0.5) is 0 Å². The van der Waals surface area contributed by atoms with Crippen LogP contribution in [0.1, 0.15) is 25.3 Å². The summed E-state index contributed by atoms with van der Waals surface area (Å²) >= 11 is 0. The van der Waals surface area contributed by atoms with Crippen molar-refractivity contribution in [3.63, 3.8) is 0 Å². The van der Waals surface area contributed by atoms with Crippen molar-refractivity contribution in [2.24, 2.45) is 11.7 Å². The average molecular weight is 298 g/mol. The van der Waals surface area contributed by atoms with Gasteiger partial charge in [0, 0.05) is 6.04 Å². The molecule has 0 radical (unpaired) electrons. The predicted molar refractivity (Wildman–Crippen MR) is 78.3 cm³/mol. The van der Waals surface area contributed by atoms with Crippen molar-refractivity contribution in [2.75, 3.05) is 13.7 Å². The summed E-state index contributed by atoms with van der Waals surface area (Å²) in [5.74, 6) is 1.12. The summed E-state index contributed by atoms with van der Waals surface area (Å²) in [6.07, 6.45) is 2.44. The van der Waals surface area contributed by atoms with Crippen LogP contribution in [0.15, 0.2) is 23.1 Å². The second-order valence-corrected chi connectivity index (χ2v) is 6.83. The van der Waals surface area contributed by atoms with Crippen molar-refractivity contribution in [1.29, 1.82) is 0 Å². The Morgan fingerprint density at radius 2 is 2.20 bits per heavy atom. The van der Waals surface area contributed by atoms with Gasteiger partial charge in [-0.1, -0.05) is 13.3 Å². The number of ether oxygens (including phenoxy) is 1. The lowest BCUT2D eigenvalue weighted by Gasteiger charge is -2.12. The minimum atomic E-state index is -3.48. The van der Waals surface area contributed by atoms with Crippen LogP contribution in [0.2, 0.25) is 0 Å². The molecule has 1 aliphatic carbocycles. The fourth-order valence-electron chi connectivity index (χ4n) is 2.40. The number of rotatable bonds is 7. The summed E-state index contributed by atoms with van der Waals surface area (Å²) in [4.78, 5) is 0.311. The van der Waals surface area contributed by atoms with Crippen LogP contribution < -0.4 is 15.2 Å². The molecule has 0 aliphatic heterocycles. The van der Waals surface area contributed by atoms with E-state index in [1.807, 2.05) is 0 Å². The maximum atomic E-state index is 12.4. The minimum Gasteiger partial charge on any atom is -0.497 e. The van der Waals surface area contributed by atoms with Gasteiger partial charge in [-0.2, -0.15) is 0 Å². The highest BCUT2D eigenvalue weighted by molar-refractivity contribution is 7.89. The summed E-state index contributed by atoms with van der Waals surface area (Å²) in [5.41, 5.74) is 6.27. The van der Waals surface area contributed by atoms with Gasteiger partial charge in [-0.25, -0.2) is 13.1 Å². The van der Waals surface area contributed by atoms with Crippen molar-refractivity contribution < 1.29 is 13.2 Å². The number of methoxy groups -OCH3 is 1. The summed E-state index contributed by atoms with van der Waals surface area (Å²) < 4.78 is 32.8. The molecule has 0 bridgehead atoms. The first-order valence-corrected chi connectivity index (χ1v) is 8.39. The topological polar surface area (TPSA) is 81.4 Å². The van der Waals surface area contributed by atoms with Crippen molar-refractivity contribution >= 4 is 10.0 Å². The van der Waals surface area contributed by atoms with Gasteiger partial charge in [0.1, 0.15) is 5.75 Å². The maximum Gasteiger partial charge on any atom is 0.241 e. The standard InChI is InChI=1S/C14H22N2O3S/c1-3-10-9-13(10)16-20(17,18)14-5-4-12(19-2)8-11(14)6-7-15/h4-5,8,10,13,16H,3,6-7,9,15H2,1-2H3. The smallest absolute Gasteiger partial charge is 0.241 e. The molecule has 1 aliphatic rings. The Morgan fingerprint density at radius 3 is 2.75 bits per heavy atom. The highest BCUT2D eigenvalue weighted by Crippen LogP contribution is 2.35. The molecule has 1 aromatic carbocycles. The molecule has 1 saturated carbocycles. The lowest BCUT2D eigenvalue weighted by molar-refractivity contribution is 0.413. The van der Waals surface area contributed by atoms with E-state index in [-0.39, 0.29) is 6.04 Å². The third-order valence-corrected chi connectivity index (χ3v) is 5.31. The van der Waals surface area contributed by atoms with Gasteiger partial charge in [0.2, 0.25) is 10.0 Å². The zero-order chi connectivity index (χ0) is 14.8. The molecule has 3 N–H and O–H groups in total.